The normalized spacial score (nSPS) is 25.3. The first-order valence-corrected chi connectivity index (χ1v) is 20.5. The molecular weight excluding hydrogens is 899 g/mol. The summed E-state index contributed by atoms with van der Waals surface area (Å²) in [4.78, 5) is 13.2. The van der Waals surface area contributed by atoms with Crippen LogP contribution in [0.2, 0.25) is 0 Å². The summed E-state index contributed by atoms with van der Waals surface area (Å²) >= 11 is 0. The molecule has 2 saturated carbocycles. The Kier molecular flexibility index (Phi) is 8.46. The molecule has 5 heteroatoms. The van der Waals surface area contributed by atoms with Gasteiger partial charge in [0.2, 0.25) is 5.71 Å². The van der Waals surface area contributed by atoms with Crippen LogP contribution in [0.15, 0.2) is 77.5 Å². The summed E-state index contributed by atoms with van der Waals surface area (Å²) in [6, 6.07) is 23.1. The molecule has 0 saturated heterocycles. The summed E-state index contributed by atoms with van der Waals surface area (Å²) in [5.41, 5.74) is 3.39. The van der Waals surface area contributed by atoms with Crippen LogP contribution < -0.4 is 0 Å². The van der Waals surface area contributed by atoms with Crippen LogP contribution in [0.1, 0.15) is 159 Å². The number of aryl methyl sites for hydroxylation is 3. The van der Waals surface area contributed by atoms with Gasteiger partial charge < -0.3 is 14.4 Å². The van der Waals surface area contributed by atoms with Crippen LogP contribution in [0, 0.1) is 65.2 Å². The number of aromatic nitrogens is 3. The summed E-state index contributed by atoms with van der Waals surface area (Å²) in [5, 5.41) is 1.59. The summed E-state index contributed by atoms with van der Waals surface area (Å²) in [5.74, 6) is -0.855. The second kappa shape index (κ2) is 16.0. The van der Waals surface area contributed by atoms with Gasteiger partial charge in [-0.25, -0.2) is 4.98 Å². The van der Waals surface area contributed by atoms with Crippen molar-refractivity contribution in [2.24, 2.45) is 32.5 Å². The third kappa shape index (κ3) is 9.79. The quantitative estimate of drug-likeness (QED) is 0.165. The Labute approximate surface area is 386 Å². The molecule has 59 heavy (non-hydrogen) atoms. The molecule has 4 aromatic heterocycles. The van der Waals surface area contributed by atoms with Gasteiger partial charge in [0.1, 0.15) is 0 Å². The van der Waals surface area contributed by atoms with Gasteiger partial charge in [0.25, 0.3) is 0 Å². The van der Waals surface area contributed by atoms with Crippen LogP contribution in [0.4, 0.5) is 0 Å². The van der Waals surface area contributed by atoms with Gasteiger partial charge in [-0.05, 0) is 131 Å². The maximum atomic E-state index is 10.3. The number of benzene rings is 2. The SMILES string of the molecule is [2H]C([2H])([2H])c1c[c-]c(-c2cc(C([2H])([2H])C(C)(C)C)c(C([2H])([2H])[2H])cn2)cc1.[2H]C([2H])([2H])c1ccc2c(n1)oc1c(-c3cc(C4([2H])C(C)(C)CC5(CC(C)(C)CC(C)(C)C5)CC4(C)C)ccn3)[c-]ccc12.[Ir]. The summed E-state index contributed by atoms with van der Waals surface area (Å²) in [7, 11) is 0. The zero-order chi connectivity index (χ0) is 52.3. The van der Waals surface area contributed by atoms with Crippen molar-refractivity contribution in [3.63, 3.8) is 0 Å². The Morgan fingerprint density at radius 1 is 0.797 bits per heavy atom. The van der Waals surface area contributed by atoms with Crippen molar-refractivity contribution >= 4 is 22.1 Å². The molecule has 0 amide bonds. The van der Waals surface area contributed by atoms with Crippen LogP contribution in [0.5, 0.6) is 0 Å². The van der Waals surface area contributed by atoms with E-state index in [4.69, 9.17) is 24.5 Å². The summed E-state index contributed by atoms with van der Waals surface area (Å²) in [6.45, 7) is 17.0. The molecule has 2 aliphatic rings. The zero-order valence-corrected chi connectivity index (χ0v) is 38.9. The molecule has 2 fully saturated rings. The van der Waals surface area contributed by atoms with E-state index in [2.05, 4.69) is 83.6 Å². The predicted octanol–water partition coefficient (Wildman–Crippen LogP) is 15.1. The summed E-state index contributed by atoms with van der Waals surface area (Å²) in [6.07, 6.45) is 6.73. The first kappa shape index (κ1) is 31.2. The Bertz CT molecular complexity index is 2890. The number of furan rings is 1. The number of nitrogens with zero attached hydrogens (tertiary/aromatic N) is 3. The molecule has 1 radical (unpaired) electrons. The molecular formula is C54H67IrN3O-2. The van der Waals surface area contributed by atoms with E-state index in [0.717, 1.165) is 29.2 Å². The molecule has 0 bridgehead atoms. The standard InChI is InChI=1S/C36H45N2O.C18H22N.Ir/c1-23-13-14-26-25-11-10-12-27(29(25)39-31(26)38-23)28-17-24(15-16-37-28)30-34(6,7)21-36(22-35(30,8)9)19-32(2,3)18-33(4,5)20-36;1-13-6-8-15(9-7-13)17-10-16(11-18(3,4)5)14(2)12-19-17;/h10-11,13-17,30H,18-22H2,1-9H3;6-8,10,12H,11H2,1-5H3;/q2*-1;/i1D3,30D;1D3,2D3,11D2;. The van der Waals surface area contributed by atoms with E-state index in [9.17, 15) is 1.37 Å². The van der Waals surface area contributed by atoms with Crippen LogP contribution >= 0.6 is 0 Å². The van der Waals surface area contributed by atoms with E-state index in [0.29, 0.717) is 28.1 Å². The van der Waals surface area contributed by atoms with Gasteiger partial charge in [0.05, 0.1) is 5.58 Å². The minimum absolute atomic E-state index is 0. The van der Waals surface area contributed by atoms with E-state index in [1.54, 1.807) is 26.8 Å². The topological polar surface area (TPSA) is 51.8 Å². The second-order valence-corrected chi connectivity index (χ2v) is 21.0. The van der Waals surface area contributed by atoms with Crippen LogP contribution in [-0.4, -0.2) is 15.0 Å². The Morgan fingerprint density at radius 3 is 2.15 bits per heavy atom. The minimum Gasteiger partial charge on any atom is -0.486 e. The van der Waals surface area contributed by atoms with Crippen LogP contribution in [0.25, 0.3) is 44.6 Å². The van der Waals surface area contributed by atoms with E-state index in [1.807, 2.05) is 24.4 Å². The zero-order valence-electron chi connectivity index (χ0n) is 48.5. The average Bonchev–Trinajstić information content (AvgIpc) is 3.58. The van der Waals surface area contributed by atoms with E-state index < -0.39 is 38.2 Å². The van der Waals surface area contributed by atoms with Crippen molar-refractivity contribution in [2.45, 2.75) is 141 Å². The minimum atomic E-state index is -2.51. The molecule has 8 rings (SSSR count). The largest absolute Gasteiger partial charge is 0.486 e. The van der Waals surface area contributed by atoms with Crippen molar-refractivity contribution in [1.82, 2.24) is 15.0 Å². The van der Waals surface area contributed by atoms with E-state index in [-0.39, 0.29) is 75.3 Å². The molecule has 6 aromatic rings. The van der Waals surface area contributed by atoms with Gasteiger partial charge in [0.15, 0.2) is 0 Å². The van der Waals surface area contributed by atoms with Gasteiger partial charge in [-0.15, -0.1) is 53.6 Å². The third-order valence-corrected chi connectivity index (χ3v) is 11.8. The molecule has 0 unspecified atom stereocenters. The summed E-state index contributed by atoms with van der Waals surface area (Å²) < 4.78 is 102. The number of pyridine rings is 3. The number of hydrogen-bond acceptors (Lipinski definition) is 4. The Balaban J connectivity index is 0.000000255. The fraction of sp³-hybridized carbons (Fsp3) is 0.500. The van der Waals surface area contributed by atoms with Crippen molar-refractivity contribution in [3.8, 4) is 22.5 Å². The van der Waals surface area contributed by atoms with Gasteiger partial charge in [0, 0.05) is 60.0 Å². The van der Waals surface area contributed by atoms with E-state index >= 15 is 0 Å². The molecule has 4 nitrogen and oxygen atoms in total. The number of rotatable bonds is 4. The molecule has 0 atom stereocenters. The fourth-order valence-corrected chi connectivity index (χ4v) is 11.8. The average molecular weight is 978 g/mol. The first-order chi connectivity index (χ1) is 31.7. The number of fused-ring (bicyclic) bond motifs is 3. The van der Waals surface area contributed by atoms with E-state index in [1.165, 1.54) is 55.8 Å². The molecule has 4 heterocycles. The maximum Gasteiger partial charge on any atom is 0.216 e. The number of hydrogen-bond donors (Lipinski definition) is 0. The molecule has 0 aliphatic heterocycles. The molecule has 2 aliphatic carbocycles. The van der Waals surface area contributed by atoms with Gasteiger partial charge >= 0.3 is 0 Å². The molecule has 2 aromatic carbocycles. The van der Waals surface area contributed by atoms with Crippen molar-refractivity contribution in [2.75, 3.05) is 0 Å². The maximum absolute atomic E-state index is 10.3. The van der Waals surface area contributed by atoms with Crippen molar-refractivity contribution in [1.29, 1.82) is 0 Å². The predicted molar refractivity (Wildman–Crippen MR) is 243 cm³/mol. The van der Waals surface area contributed by atoms with Crippen LogP contribution in [0.3, 0.4) is 0 Å². The van der Waals surface area contributed by atoms with Crippen LogP contribution in [-0.2, 0) is 26.5 Å². The van der Waals surface area contributed by atoms with Gasteiger partial charge in [-0.1, -0.05) is 112 Å². The third-order valence-electron chi connectivity index (χ3n) is 11.8. The Morgan fingerprint density at radius 2 is 1.53 bits per heavy atom. The van der Waals surface area contributed by atoms with Gasteiger partial charge in [-0.2, -0.15) is 0 Å². The molecule has 1 spiro atoms. The van der Waals surface area contributed by atoms with Gasteiger partial charge in [-0.3, -0.25) is 0 Å². The van der Waals surface area contributed by atoms with Crippen molar-refractivity contribution < 1.29 is 41.0 Å². The molecule has 0 N–H and O–H groups in total. The Hall–Kier alpha value is -3.66. The second-order valence-electron chi connectivity index (χ2n) is 21.0. The molecule has 315 valence electrons. The van der Waals surface area contributed by atoms with Crippen molar-refractivity contribution in [3.05, 3.63) is 113 Å². The first-order valence-electron chi connectivity index (χ1n) is 26.5. The fourth-order valence-electron chi connectivity index (χ4n) is 11.8. The smallest absolute Gasteiger partial charge is 0.216 e. The monoisotopic (exact) mass is 979 g/mol.